The molecule has 0 aromatic heterocycles. The number of benzene rings is 1. The third-order valence-electron chi connectivity index (χ3n) is 7.40. The summed E-state index contributed by atoms with van der Waals surface area (Å²) >= 11 is 0. The maximum atomic E-state index is 12.9. The van der Waals surface area contributed by atoms with Gasteiger partial charge >= 0.3 is 0 Å². The Morgan fingerprint density at radius 1 is 1.17 bits per heavy atom. The van der Waals surface area contributed by atoms with E-state index in [-0.39, 0.29) is 30.4 Å². The van der Waals surface area contributed by atoms with Crippen LogP contribution >= 0.6 is 0 Å². The number of aliphatic hydroxyl groups is 2. The van der Waals surface area contributed by atoms with E-state index in [1.54, 1.807) is 0 Å². The molecule has 4 rings (SSSR count). The third kappa shape index (κ3) is 4.42. The molecule has 0 radical (unpaired) electrons. The Bertz CT molecular complexity index is 722. The van der Waals surface area contributed by atoms with Crippen molar-refractivity contribution in [3.8, 4) is 0 Å². The van der Waals surface area contributed by atoms with E-state index in [1.165, 1.54) is 5.56 Å². The van der Waals surface area contributed by atoms with Crippen LogP contribution in [0.5, 0.6) is 0 Å². The average Bonchev–Trinajstić information content (AvgIpc) is 2.83. The number of ether oxygens (including phenoxy) is 2. The minimum atomic E-state index is -0.798. The van der Waals surface area contributed by atoms with Gasteiger partial charge in [-0.15, -0.1) is 0 Å². The Balaban J connectivity index is 1.56. The zero-order chi connectivity index (χ0) is 21.2. The fourth-order valence-electron chi connectivity index (χ4n) is 5.78. The maximum Gasteiger partial charge on any atom is 0.223 e. The Kier molecular flexibility index (Phi) is 6.49. The average molecular weight is 418 g/mol. The molecular weight excluding hydrogens is 382 g/mol. The van der Waals surface area contributed by atoms with Crippen LogP contribution in [0.2, 0.25) is 0 Å². The summed E-state index contributed by atoms with van der Waals surface area (Å²) in [5.41, 5.74) is -0.0226. The number of rotatable bonds is 5. The van der Waals surface area contributed by atoms with E-state index in [2.05, 4.69) is 17.4 Å². The third-order valence-corrected chi connectivity index (χ3v) is 7.40. The molecule has 6 heteroatoms. The number of aliphatic hydroxyl groups excluding tert-OH is 2. The molecule has 1 amide bonds. The zero-order valence-corrected chi connectivity index (χ0v) is 17.9. The molecule has 3 aliphatic rings. The molecule has 2 bridgehead atoms. The second kappa shape index (κ2) is 8.95. The highest BCUT2D eigenvalue weighted by atomic mass is 16.5. The Morgan fingerprint density at radius 2 is 1.90 bits per heavy atom. The molecule has 1 aromatic rings. The van der Waals surface area contributed by atoms with Gasteiger partial charge in [-0.05, 0) is 63.4 Å². The molecule has 30 heavy (non-hydrogen) atoms. The number of hydrogen-bond donors (Lipinski definition) is 3. The van der Waals surface area contributed by atoms with Gasteiger partial charge in [0.25, 0.3) is 0 Å². The van der Waals surface area contributed by atoms with Crippen molar-refractivity contribution in [2.45, 2.75) is 81.1 Å². The number of carbonyl (C=O) groups excluding carboxylic acids is 1. The van der Waals surface area contributed by atoms with Crippen LogP contribution in [0, 0.1) is 5.92 Å². The summed E-state index contributed by atoms with van der Waals surface area (Å²) in [5, 5.41) is 24.3. The normalized spacial score (nSPS) is 37.4. The lowest BCUT2D eigenvalue weighted by molar-refractivity contribution is -0.223. The highest BCUT2D eigenvalue weighted by Gasteiger charge is 2.54. The number of amides is 1. The lowest BCUT2D eigenvalue weighted by Gasteiger charge is -2.50. The molecular formula is C24H35NO5. The molecule has 166 valence electrons. The summed E-state index contributed by atoms with van der Waals surface area (Å²) in [4.78, 5) is 12.9. The van der Waals surface area contributed by atoms with E-state index >= 15 is 0 Å². The van der Waals surface area contributed by atoms with E-state index in [9.17, 15) is 15.0 Å². The minimum absolute atomic E-state index is 0.0122. The van der Waals surface area contributed by atoms with Crippen molar-refractivity contribution in [3.63, 3.8) is 0 Å². The highest BCUT2D eigenvalue weighted by molar-refractivity contribution is 5.79. The van der Waals surface area contributed by atoms with E-state index in [4.69, 9.17) is 9.47 Å². The second-order valence-corrected chi connectivity index (χ2v) is 9.57. The van der Waals surface area contributed by atoms with Crippen LogP contribution in [0.1, 0.15) is 63.4 Å². The van der Waals surface area contributed by atoms with Crippen LogP contribution in [0.3, 0.4) is 0 Å². The molecule has 0 unspecified atom stereocenters. The van der Waals surface area contributed by atoms with Crippen LogP contribution in [0.25, 0.3) is 0 Å². The molecule has 3 heterocycles. The van der Waals surface area contributed by atoms with Crippen LogP contribution in [-0.2, 0) is 14.3 Å². The number of nitrogens with one attached hydrogen (secondary N) is 1. The molecule has 1 aromatic carbocycles. The molecule has 0 aliphatic carbocycles. The van der Waals surface area contributed by atoms with Crippen LogP contribution in [0.4, 0.5) is 0 Å². The lowest BCUT2D eigenvalue weighted by atomic mass is 9.73. The van der Waals surface area contributed by atoms with Crippen molar-refractivity contribution in [2.75, 3.05) is 19.8 Å². The van der Waals surface area contributed by atoms with Crippen molar-refractivity contribution in [1.82, 2.24) is 5.32 Å². The van der Waals surface area contributed by atoms with Gasteiger partial charge in [-0.3, -0.25) is 4.79 Å². The highest BCUT2D eigenvalue weighted by Crippen LogP contribution is 2.51. The first kappa shape index (κ1) is 21.8. The van der Waals surface area contributed by atoms with Gasteiger partial charge < -0.3 is 25.0 Å². The zero-order valence-electron chi connectivity index (χ0n) is 17.9. The number of fused-ring (bicyclic) bond motifs is 2. The quantitative estimate of drug-likeness (QED) is 0.685. The van der Waals surface area contributed by atoms with E-state index in [0.29, 0.717) is 38.9 Å². The summed E-state index contributed by atoms with van der Waals surface area (Å²) in [5.74, 6) is 0.208. The van der Waals surface area contributed by atoms with Gasteiger partial charge in [0, 0.05) is 25.7 Å². The maximum absolute atomic E-state index is 12.9. The summed E-state index contributed by atoms with van der Waals surface area (Å²) in [6.07, 6.45) is 4.07. The standard InChI is InChI=1S/C24H35NO5/c1-23-15-19(17-5-3-2-4-6-17)16-24(30-23,11-12-26)10-7-20(21(23)27)25-22(28)18-8-13-29-14-9-18/h2-6,18-21,26-27H,7-16H2,1H3,(H,25,28)/t19-,20-,21+,23+,24-/m1/s1. The smallest absolute Gasteiger partial charge is 0.223 e. The summed E-state index contributed by atoms with van der Waals surface area (Å²) in [6.45, 7) is 3.25. The summed E-state index contributed by atoms with van der Waals surface area (Å²) < 4.78 is 12.0. The van der Waals surface area contributed by atoms with Gasteiger partial charge in [0.05, 0.1) is 17.2 Å². The molecule has 3 fully saturated rings. The monoisotopic (exact) mass is 417 g/mol. The number of hydrogen-bond acceptors (Lipinski definition) is 5. The van der Waals surface area contributed by atoms with Gasteiger partial charge in [0.2, 0.25) is 5.91 Å². The molecule has 0 spiro atoms. The first-order valence-electron chi connectivity index (χ1n) is 11.4. The summed E-state index contributed by atoms with van der Waals surface area (Å²) in [7, 11) is 0. The molecule has 3 saturated heterocycles. The number of carbonyl (C=O) groups is 1. The van der Waals surface area contributed by atoms with E-state index in [1.807, 2.05) is 25.1 Å². The largest absolute Gasteiger partial charge is 0.396 e. The first-order valence-corrected chi connectivity index (χ1v) is 11.4. The SMILES string of the molecule is C[C@]12C[C@@H](c3ccccc3)C[C@](CCO)(CC[C@@H](NC(=O)C3CCOCC3)[C@@H]1O)O2. The van der Waals surface area contributed by atoms with Gasteiger partial charge in [-0.1, -0.05) is 30.3 Å². The molecule has 6 nitrogen and oxygen atoms in total. The predicted molar refractivity (Wildman–Crippen MR) is 113 cm³/mol. The van der Waals surface area contributed by atoms with Crippen LogP contribution in [0.15, 0.2) is 30.3 Å². The van der Waals surface area contributed by atoms with Crippen molar-refractivity contribution in [1.29, 1.82) is 0 Å². The lowest BCUT2D eigenvalue weighted by Crippen LogP contribution is -2.58. The Hall–Kier alpha value is -1.47. The van der Waals surface area contributed by atoms with Crippen molar-refractivity contribution in [2.24, 2.45) is 5.92 Å². The first-order chi connectivity index (χ1) is 14.4. The van der Waals surface area contributed by atoms with Crippen LogP contribution in [-0.4, -0.2) is 59.3 Å². The Labute approximate surface area is 179 Å². The molecule has 3 aliphatic heterocycles. The fourth-order valence-corrected chi connectivity index (χ4v) is 5.78. The summed E-state index contributed by atoms with van der Waals surface area (Å²) in [6, 6.07) is 10.0. The Morgan fingerprint density at radius 3 is 2.60 bits per heavy atom. The fraction of sp³-hybridized carbons (Fsp3) is 0.708. The molecule has 5 atom stereocenters. The predicted octanol–water partition coefficient (Wildman–Crippen LogP) is 2.53. The van der Waals surface area contributed by atoms with Crippen molar-refractivity contribution in [3.05, 3.63) is 35.9 Å². The van der Waals surface area contributed by atoms with Crippen molar-refractivity contribution >= 4 is 5.91 Å². The molecule has 0 saturated carbocycles. The van der Waals surface area contributed by atoms with Gasteiger partial charge in [-0.2, -0.15) is 0 Å². The van der Waals surface area contributed by atoms with E-state index in [0.717, 1.165) is 19.3 Å². The van der Waals surface area contributed by atoms with Crippen LogP contribution < -0.4 is 5.32 Å². The second-order valence-electron chi connectivity index (χ2n) is 9.57. The topological polar surface area (TPSA) is 88.0 Å². The van der Waals surface area contributed by atoms with Gasteiger partial charge in [0.15, 0.2) is 0 Å². The minimum Gasteiger partial charge on any atom is -0.396 e. The van der Waals surface area contributed by atoms with E-state index < -0.39 is 17.3 Å². The molecule has 3 N–H and O–H groups in total. The van der Waals surface area contributed by atoms with Gasteiger partial charge in [-0.25, -0.2) is 0 Å². The van der Waals surface area contributed by atoms with Crippen molar-refractivity contribution < 1.29 is 24.5 Å². The van der Waals surface area contributed by atoms with Gasteiger partial charge in [0.1, 0.15) is 6.10 Å².